The molecule has 0 spiro atoms. The SMILES string of the molecule is CC[C@@H](C)[C@@H](C(=O)NNC(=O)c1cccc(O)c1)c1ccccc1. The first-order valence-corrected chi connectivity index (χ1v) is 7.97. The summed E-state index contributed by atoms with van der Waals surface area (Å²) in [4.78, 5) is 24.6. The topological polar surface area (TPSA) is 78.4 Å². The van der Waals surface area contributed by atoms with Crippen molar-refractivity contribution < 1.29 is 14.7 Å². The number of phenolic OH excluding ortho intramolecular Hbond substituents is 1. The highest BCUT2D eigenvalue weighted by atomic mass is 16.3. The minimum atomic E-state index is -0.477. The summed E-state index contributed by atoms with van der Waals surface area (Å²) in [5.74, 6) is -0.958. The van der Waals surface area contributed by atoms with Gasteiger partial charge >= 0.3 is 0 Å². The van der Waals surface area contributed by atoms with E-state index in [1.54, 1.807) is 12.1 Å². The van der Waals surface area contributed by atoms with Gasteiger partial charge in [-0.1, -0.05) is 56.7 Å². The zero-order valence-corrected chi connectivity index (χ0v) is 13.8. The first-order valence-electron chi connectivity index (χ1n) is 7.97. The lowest BCUT2D eigenvalue weighted by Gasteiger charge is -2.22. The number of aromatic hydroxyl groups is 1. The van der Waals surface area contributed by atoms with Crippen LogP contribution in [0.25, 0.3) is 0 Å². The fourth-order valence-electron chi connectivity index (χ4n) is 2.55. The van der Waals surface area contributed by atoms with Crippen molar-refractivity contribution in [2.24, 2.45) is 5.92 Å². The lowest BCUT2D eigenvalue weighted by Crippen LogP contribution is -2.45. The number of phenols is 1. The first kappa shape index (κ1) is 17.5. The van der Waals surface area contributed by atoms with Crippen LogP contribution in [-0.4, -0.2) is 16.9 Å². The zero-order chi connectivity index (χ0) is 17.5. The van der Waals surface area contributed by atoms with Gasteiger partial charge in [-0.25, -0.2) is 0 Å². The van der Waals surface area contributed by atoms with Crippen LogP contribution in [0, 0.1) is 5.92 Å². The molecule has 2 aromatic carbocycles. The van der Waals surface area contributed by atoms with Crippen molar-refractivity contribution in [3.8, 4) is 5.75 Å². The number of carbonyl (C=O) groups excluding carboxylic acids is 2. The summed E-state index contributed by atoms with van der Waals surface area (Å²) in [5, 5.41) is 9.41. The molecule has 0 fully saturated rings. The Labute approximate surface area is 141 Å². The molecule has 0 aliphatic carbocycles. The van der Waals surface area contributed by atoms with E-state index in [1.165, 1.54) is 12.1 Å². The summed E-state index contributed by atoms with van der Waals surface area (Å²) in [6.07, 6.45) is 0.841. The van der Waals surface area contributed by atoms with Gasteiger partial charge in [0, 0.05) is 5.56 Å². The molecule has 0 aromatic heterocycles. The minimum absolute atomic E-state index is 0.00394. The number of nitrogens with one attached hydrogen (secondary N) is 2. The monoisotopic (exact) mass is 326 g/mol. The molecule has 0 saturated carbocycles. The van der Waals surface area contributed by atoms with Crippen LogP contribution < -0.4 is 10.9 Å². The molecule has 0 radical (unpaired) electrons. The Bertz CT molecular complexity index is 701. The minimum Gasteiger partial charge on any atom is -0.508 e. The molecular formula is C19H22N2O3. The Morgan fingerprint density at radius 3 is 2.38 bits per heavy atom. The highest BCUT2D eigenvalue weighted by Crippen LogP contribution is 2.26. The van der Waals surface area contributed by atoms with Gasteiger partial charge in [-0.3, -0.25) is 20.4 Å². The van der Waals surface area contributed by atoms with Crippen molar-refractivity contribution in [1.29, 1.82) is 0 Å². The van der Waals surface area contributed by atoms with E-state index in [-0.39, 0.29) is 29.1 Å². The lowest BCUT2D eigenvalue weighted by molar-refractivity contribution is -0.124. The van der Waals surface area contributed by atoms with Crippen LogP contribution in [0.3, 0.4) is 0 Å². The maximum Gasteiger partial charge on any atom is 0.269 e. The molecule has 0 bridgehead atoms. The summed E-state index contributed by atoms with van der Waals surface area (Å²) < 4.78 is 0. The summed E-state index contributed by atoms with van der Waals surface area (Å²) in [6.45, 7) is 4.04. The van der Waals surface area contributed by atoms with Gasteiger partial charge in [-0.05, 0) is 29.7 Å². The number of hydrogen-bond acceptors (Lipinski definition) is 3. The van der Waals surface area contributed by atoms with Crippen LogP contribution >= 0.6 is 0 Å². The van der Waals surface area contributed by atoms with E-state index in [0.717, 1.165) is 12.0 Å². The number of benzene rings is 2. The highest BCUT2D eigenvalue weighted by molar-refractivity contribution is 5.96. The maximum absolute atomic E-state index is 12.6. The molecule has 2 atom stereocenters. The molecule has 5 heteroatoms. The Kier molecular flexibility index (Phi) is 5.95. The third-order valence-corrected chi connectivity index (χ3v) is 4.06. The third-order valence-electron chi connectivity index (χ3n) is 4.06. The maximum atomic E-state index is 12.6. The Morgan fingerprint density at radius 1 is 1.04 bits per heavy atom. The zero-order valence-electron chi connectivity index (χ0n) is 13.8. The highest BCUT2D eigenvalue weighted by Gasteiger charge is 2.26. The quantitative estimate of drug-likeness (QED) is 0.739. The summed E-state index contributed by atoms with van der Waals surface area (Å²) >= 11 is 0. The summed E-state index contributed by atoms with van der Waals surface area (Å²) in [5.41, 5.74) is 6.09. The van der Waals surface area contributed by atoms with E-state index in [2.05, 4.69) is 10.9 Å². The standard InChI is InChI=1S/C19H22N2O3/c1-3-13(2)17(14-8-5-4-6-9-14)19(24)21-20-18(23)15-10-7-11-16(22)12-15/h4-13,17,22H,3H2,1-2H3,(H,20,23)(H,21,24)/t13-,17-/m1/s1. The van der Waals surface area contributed by atoms with Gasteiger partial charge in [0.15, 0.2) is 0 Å². The molecule has 0 heterocycles. The van der Waals surface area contributed by atoms with Gasteiger partial charge in [0.05, 0.1) is 5.92 Å². The van der Waals surface area contributed by atoms with Crippen LogP contribution in [0.2, 0.25) is 0 Å². The third kappa shape index (κ3) is 4.35. The number of carbonyl (C=O) groups is 2. The molecule has 2 amide bonds. The molecule has 3 N–H and O–H groups in total. The molecule has 0 saturated heterocycles. The summed E-state index contributed by atoms with van der Waals surface area (Å²) in [6, 6.07) is 15.4. The molecule has 0 aliphatic rings. The first-order chi connectivity index (χ1) is 11.5. The summed E-state index contributed by atoms with van der Waals surface area (Å²) in [7, 11) is 0. The average Bonchev–Trinajstić information content (AvgIpc) is 2.60. The molecule has 2 aromatic rings. The lowest BCUT2D eigenvalue weighted by atomic mass is 9.85. The smallest absolute Gasteiger partial charge is 0.269 e. The molecule has 24 heavy (non-hydrogen) atoms. The predicted octanol–water partition coefficient (Wildman–Crippen LogP) is 2.98. The predicted molar refractivity (Wildman–Crippen MR) is 92.4 cm³/mol. The van der Waals surface area contributed by atoms with Crippen molar-refractivity contribution in [3.05, 3.63) is 65.7 Å². The molecule has 5 nitrogen and oxygen atoms in total. The normalized spacial score (nSPS) is 12.9. The number of amides is 2. The largest absolute Gasteiger partial charge is 0.508 e. The fourth-order valence-corrected chi connectivity index (χ4v) is 2.55. The van der Waals surface area contributed by atoms with Crippen molar-refractivity contribution in [2.45, 2.75) is 26.2 Å². The van der Waals surface area contributed by atoms with Crippen LogP contribution in [0.1, 0.15) is 42.1 Å². The van der Waals surface area contributed by atoms with Crippen LogP contribution in [0.5, 0.6) is 5.75 Å². The second kappa shape index (κ2) is 8.15. The molecule has 0 aliphatic heterocycles. The second-order valence-corrected chi connectivity index (χ2v) is 5.77. The van der Waals surface area contributed by atoms with Gasteiger partial charge in [0.2, 0.25) is 5.91 Å². The molecule has 2 rings (SSSR count). The Morgan fingerprint density at radius 2 is 1.75 bits per heavy atom. The van der Waals surface area contributed by atoms with E-state index in [9.17, 15) is 14.7 Å². The van der Waals surface area contributed by atoms with Gasteiger partial charge in [0.1, 0.15) is 5.75 Å². The second-order valence-electron chi connectivity index (χ2n) is 5.77. The fraction of sp³-hybridized carbons (Fsp3) is 0.263. The number of hydrazine groups is 1. The van der Waals surface area contributed by atoms with E-state index in [1.807, 2.05) is 44.2 Å². The molecule has 0 unspecified atom stereocenters. The van der Waals surface area contributed by atoms with Crippen molar-refractivity contribution >= 4 is 11.8 Å². The van der Waals surface area contributed by atoms with Crippen molar-refractivity contribution in [1.82, 2.24) is 10.9 Å². The van der Waals surface area contributed by atoms with Gasteiger partial charge in [-0.15, -0.1) is 0 Å². The van der Waals surface area contributed by atoms with Gasteiger partial charge < -0.3 is 5.11 Å². The van der Waals surface area contributed by atoms with E-state index < -0.39 is 5.91 Å². The number of rotatable bonds is 5. The van der Waals surface area contributed by atoms with E-state index >= 15 is 0 Å². The van der Waals surface area contributed by atoms with Gasteiger partial charge in [-0.2, -0.15) is 0 Å². The Hall–Kier alpha value is -2.82. The van der Waals surface area contributed by atoms with E-state index in [4.69, 9.17) is 0 Å². The van der Waals surface area contributed by atoms with Crippen molar-refractivity contribution in [2.75, 3.05) is 0 Å². The van der Waals surface area contributed by atoms with Crippen LogP contribution in [0.15, 0.2) is 54.6 Å². The van der Waals surface area contributed by atoms with Crippen LogP contribution in [0.4, 0.5) is 0 Å². The molecule has 126 valence electrons. The number of hydrogen-bond donors (Lipinski definition) is 3. The van der Waals surface area contributed by atoms with E-state index in [0.29, 0.717) is 0 Å². The molecular weight excluding hydrogens is 304 g/mol. The average molecular weight is 326 g/mol. The Balaban J connectivity index is 2.07. The van der Waals surface area contributed by atoms with Crippen LogP contribution in [-0.2, 0) is 4.79 Å². The van der Waals surface area contributed by atoms with Gasteiger partial charge in [0.25, 0.3) is 5.91 Å². The van der Waals surface area contributed by atoms with Crippen molar-refractivity contribution in [3.63, 3.8) is 0 Å².